The number of benzene rings is 2. The molecular weight excluding hydrogens is 558 g/mol. The van der Waals surface area contributed by atoms with Gasteiger partial charge < -0.3 is 29.8 Å². The highest BCUT2D eigenvalue weighted by atomic mass is 32.1. The smallest absolute Gasteiger partial charge is 0.338 e. The van der Waals surface area contributed by atoms with Crippen LogP contribution in [0.2, 0.25) is 0 Å². The lowest BCUT2D eigenvalue weighted by atomic mass is 9.95. The molecule has 0 radical (unpaired) electrons. The van der Waals surface area contributed by atoms with Crippen molar-refractivity contribution in [1.29, 1.82) is 0 Å². The molecule has 1 amide bonds. The van der Waals surface area contributed by atoms with Crippen molar-refractivity contribution in [3.05, 3.63) is 93.9 Å². The first-order valence-corrected chi connectivity index (χ1v) is 13.5. The Balaban J connectivity index is 1.45. The second-order valence-corrected chi connectivity index (χ2v) is 9.84. The summed E-state index contributed by atoms with van der Waals surface area (Å²) in [7, 11) is 0. The first-order chi connectivity index (χ1) is 20.1. The third kappa shape index (κ3) is 6.66. The number of carbonyl (C=O) groups is 3. The fraction of sp³-hybridized carbons (Fsp3) is 0.233. The van der Waals surface area contributed by atoms with Crippen molar-refractivity contribution in [3.63, 3.8) is 0 Å². The van der Waals surface area contributed by atoms with E-state index in [9.17, 15) is 19.5 Å². The number of nitrogens with zero attached hydrogens (tertiary/aromatic N) is 2. The number of rotatable bonds is 10. The zero-order valence-electron chi connectivity index (χ0n) is 23.6. The van der Waals surface area contributed by atoms with Crippen molar-refractivity contribution in [2.24, 2.45) is 5.10 Å². The van der Waals surface area contributed by atoms with Gasteiger partial charge in [0.25, 0.3) is 5.91 Å². The van der Waals surface area contributed by atoms with Gasteiger partial charge >= 0.3 is 11.9 Å². The van der Waals surface area contributed by atoms with Gasteiger partial charge in [0.2, 0.25) is 0 Å². The zero-order chi connectivity index (χ0) is 30.4. The SMILES string of the molecule is CCOC(=O)C1=C(C)NC(=S)N[C@H]1c1ccccc1OCC(=O)NN=Cc1cc(C)n(-c2cccc(C(=O)O)c2)c1C. The summed E-state index contributed by atoms with van der Waals surface area (Å²) in [6.07, 6.45) is 1.52. The summed E-state index contributed by atoms with van der Waals surface area (Å²) in [6.45, 7) is 7.13. The molecule has 0 spiro atoms. The van der Waals surface area contributed by atoms with Crippen molar-refractivity contribution >= 4 is 41.4 Å². The first kappa shape index (κ1) is 30.0. The molecule has 0 unspecified atom stereocenters. The van der Waals surface area contributed by atoms with Gasteiger partial charge in [-0.25, -0.2) is 15.0 Å². The van der Waals surface area contributed by atoms with E-state index < -0.39 is 23.9 Å². The van der Waals surface area contributed by atoms with Gasteiger partial charge in [0, 0.05) is 33.9 Å². The van der Waals surface area contributed by atoms with E-state index in [-0.39, 0.29) is 18.8 Å². The summed E-state index contributed by atoms with van der Waals surface area (Å²) in [5, 5.41) is 19.8. The number of hydrogen-bond acceptors (Lipinski definition) is 7. The van der Waals surface area contributed by atoms with Gasteiger partial charge in [-0.1, -0.05) is 24.3 Å². The van der Waals surface area contributed by atoms with E-state index in [1.165, 1.54) is 12.3 Å². The molecule has 42 heavy (non-hydrogen) atoms. The monoisotopic (exact) mass is 589 g/mol. The molecule has 1 aromatic heterocycles. The maximum absolute atomic E-state index is 12.7. The molecule has 12 heteroatoms. The summed E-state index contributed by atoms with van der Waals surface area (Å²) in [6, 6.07) is 14.9. The van der Waals surface area contributed by atoms with E-state index in [2.05, 4.69) is 21.2 Å². The van der Waals surface area contributed by atoms with Crippen LogP contribution >= 0.6 is 12.2 Å². The van der Waals surface area contributed by atoms with Gasteiger partial charge in [0.1, 0.15) is 5.75 Å². The molecule has 2 heterocycles. The van der Waals surface area contributed by atoms with Gasteiger partial charge in [0.15, 0.2) is 11.7 Å². The Morgan fingerprint density at radius 3 is 2.62 bits per heavy atom. The average molecular weight is 590 g/mol. The highest BCUT2D eigenvalue weighted by Crippen LogP contribution is 2.33. The van der Waals surface area contributed by atoms with Crippen LogP contribution in [0.5, 0.6) is 5.75 Å². The minimum atomic E-state index is -1.00. The fourth-order valence-electron chi connectivity index (χ4n) is 4.70. The van der Waals surface area contributed by atoms with Crippen LogP contribution in [0.4, 0.5) is 0 Å². The van der Waals surface area contributed by atoms with E-state index in [4.69, 9.17) is 21.7 Å². The van der Waals surface area contributed by atoms with Crippen molar-refractivity contribution in [3.8, 4) is 11.4 Å². The van der Waals surface area contributed by atoms with Crippen LogP contribution in [0.3, 0.4) is 0 Å². The van der Waals surface area contributed by atoms with Crippen LogP contribution in [0.1, 0.15) is 52.8 Å². The second-order valence-electron chi connectivity index (χ2n) is 9.43. The number of amides is 1. The number of hydrogen-bond donors (Lipinski definition) is 4. The van der Waals surface area contributed by atoms with Crippen LogP contribution < -0.4 is 20.8 Å². The lowest BCUT2D eigenvalue weighted by molar-refractivity contribution is -0.139. The maximum atomic E-state index is 12.7. The molecular formula is C30H31N5O6S. The maximum Gasteiger partial charge on any atom is 0.338 e. The highest BCUT2D eigenvalue weighted by molar-refractivity contribution is 7.80. The molecule has 3 aromatic rings. The van der Waals surface area contributed by atoms with Crippen LogP contribution in [-0.2, 0) is 14.3 Å². The van der Waals surface area contributed by atoms with E-state index >= 15 is 0 Å². The lowest BCUT2D eigenvalue weighted by Gasteiger charge is -2.30. The molecule has 1 atom stereocenters. The van der Waals surface area contributed by atoms with Crippen LogP contribution in [-0.4, -0.2) is 52.1 Å². The van der Waals surface area contributed by atoms with Crippen molar-refractivity contribution in [1.82, 2.24) is 20.6 Å². The normalized spacial score (nSPS) is 14.8. The molecule has 2 aromatic carbocycles. The summed E-state index contributed by atoms with van der Waals surface area (Å²) in [5.41, 5.74) is 7.36. The molecule has 11 nitrogen and oxygen atoms in total. The Hall–Kier alpha value is -4.97. The van der Waals surface area contributed by atoms with Gasteiger partial charge in [-0.3, -0.25) is 4.79 Å². The van der Waals surface area contributed by atoms with Gasteiger partial charge in [-0.05, 0) is 70.2 Å². The lowest BCUT2D eigenvalue weighted by Crippen LogP contribution is -2.45. The van der Waals surface area contributed by atoms with Crippen molar-refractivity contribution in [2.75, 3.05) is 13.2 Å². The van der Waals surface area contributed by atoms with Gasteiger partial charge in [0.05, 0.1) is 30.0 Å². The number of allylic oxidation sites excluding steroid dienone is 1. The molecule has 0 fully saturated rings. The van der Waals surface area contributed by atoms with E-state index in [0.717, 1.165) is 17.0 Å². The summed E-state index contributed by atoms with van der Waals surface area (Å²) < 4.78 is 13.0. The van der Waals surface area contributed by atoms with E-state index in [1.807, 2.05) is 30.5 Å². The predicted octanol–water partition coefficient (Wildman–Crippen LogP) is 3.68. The molecule has 218 valence electrons. The van der Waals surface area contributed by atoms with E-state index in [1.54, 1.807) is 50.2 Å². The molecule has 1 aliphatic heterocycles. The quantitative estimate of drug-likeness (QED) is 0.121. The third-order valence-corrected chi connectivity index (χ3v) is 6.79. The summed E-state index contributed by atoms with van der Waals surface area (Å²) in [5.74, 6) is -1.59. The Labute approximate surface area is 248 Å². The zero-order valence-corrected chi connectivity index (χ0v) is 24.4. The number of aryl methyl sites for hydroxylation is 1. The average Bonchev–Trinajstić information content (AvgIpc) is 3.24. The van der Waals surface area contributed by atoms with Crippen LogP contribution in [0, 0.1) is 13.8 Å². The van der Waals surface area contributed by atoms with Crippen LogP contribution in [0.15, 0.2) is 71.0 Å². The van der Waals surface area contributed by atoms with Crippen molar-refractivity contribution in [2.45, 2.75) is 33.7 Å². The Kier molecular flexibility index (Phi) is 9.38. The fourth-order valence-corrected chi connectivity index (χ4v) is 4.97. The molecule has 0 saturated carbocycles. The highest BCUT2D eigenvalue weighted by Gasteiger charge is 2.32. The number of aromatic nitrogens is 1. The Bertz CT molecular complexity index is 1610. The predicted molar refractivity (Wildman–Crippen MR) is 161 cm³/mol. The number of ether oxygens (including phenoxy) is 2. The number of carboxylic acid groups (broad SMARTS) is 1. The number of thiocarbonyl (C=S) groups is 1. The van der Waals surface area contributed by atoms with Gasteiger partial charge in [-0.15, -0.1) is 0 Å². The Morgan fingerprint density at radius 1 is 1.12 bits per heavy atom. The third-order valence-electron chi connectivity index (χ3n) is 6.57. The summed E-state index contributed by atoms with van der Waals surface area (Å²) in [4.78, 5) is 36.7. The molecule has 4 N–H and O–H groups in total. The molecule has 0 saturated heterocycles. The number of aromatic carboxylic acids is 1. The summed E-state index contributed by atoms with van der Waals surface area (Å²) >= 11 is 5.31. The number of para-hydroxylation sites is 1. The number of esters is 1. The number of carboxylic acids is 1. The van der Waals surface area contributed by atoms with E-state index in [0.29, 0.717) is 33.4 Å². The Morgan fingerprint density at radius 2 is 1.88 bits per heavy atom. The topological polar surface area (TPSA) is 143 Å². The van der Waals surface area contributed by atoms with Crippen LogP contribution in [0.25, 0.3) is 5.69 Å². The number of hydrazone groups is 1. The number of carbonyl (C=O) groups excluding carboxylic acids is 2. The largest absolute Gasteiger partial charge is 0.483 e. The van der Waals surface area contributed by atoms with Gasteiger partial charge in [-0.2, -0.15) is 5.10 Å². The molecule has 1 aliphatic rings. The minimum Gasteiger partial charge on any atom is -0.483 e. The first-order valence-electron chi connectivity index (χ1n) is 13.1. The molecule has 0 aliphatic carbocycles. The van der Waals surface area contributed by atoms with Crippen molar-refractivity contribution < 1.29 is 29.0 Å². The molecule has 0 bridgehead atoms. The number of nitrogens with one attached hydrogen (secondary N) is 3. The minimum absolute atomic E-state index is 0.186. The second kappa shape index (κ2) is 13.1. The molecule has 4 rings (SSSR count). The standard InChI is InChI=1S/C30H31N5O6S/c1-5-40-29(39)26-18(3)32-30(42)33-27(26)23-11-6-7-12-24(23)41-16-25(36)34-31-15-21-13-17(2)35(19(21)4)22-10-8-9-20(14-22)28(37)38/h6-15,27H,5,16H2,1-4H3,(H,34,36)(H,37,38)(H2,32,33,42)/t27-/m0/s1.